The molecule has 0 aliphatic heterocycles. The number of carbonyl (C=O) groups excluding carboxylic acids is 1. The standard InChI is InChI=1S/C20H19F3N4O3/c1-13(28)18-11-27(25-24-18)10-16(22)5-7-26-6-4-14(8-20(26)29)12-30-19-3-2-15(21)9-17(19)23/h2-4,6,8-9,11,16H,5,7,10,12H2,1H3. The van der Waals surface area contributed by atoms with E-state index in [1.165, 1.54) is 40.7 Å². The molecule has 7 nitrogen and oxygen atoms in total. The van der Waals surface area contributed by atoms with E-state index in [4.69, 9.17) is 4.74 Å². The van der Waals surface area contributed by atoms with Crippen LogP contribution < -0.4 is 10.3 Å². The van der Waals surface area contributed by atoms with Gasteiger partial charge in [-0.2, -0.15) is 0 Å². The van der Waals surface area contributed by atoms with Crippen molar-refractivity contribution in [2.75, 3.05) is 0 Å². The number of hydrogen-bond acceptors (Lipinski definition) is 5. The monoisotopic (exact) mass is 420 g/mol. The SMILES string of the molecule is CC(=O)c1cn(CC(F)CCn2ccc(COc3ccc(F)cc3F)cc2=O)nn1. The summed E-state index contributed by atoms with van der Waals surface area (Å²) in [6, 6.07) is 5.87. The summed E-state index contributed by atoms with van der Waals surface area (Å²) in [4.78, 5) is 23.4. The maximum Gasteiger partial charge on any atom is 0.250 e. The number of hydrogen-bond donors (Lipinski definition) is 0. The van der Waals surface area contributed by atoms with Gasteiger partial charge in [0.2, 0.25) is 0 Å². The number of aromatic nitrogens is 4. The second-order valence-electron chi connectivity index (χ2n) is 6.70. The second-order valence-corrected chi connectivity index (χ2v) is 6.70. The van der Waals surface area contributed by atoms with Gasteiger partial charge >= 0.3 is 0 Å². The topological polar surface area (TPSA) is 79.0 Å². The van der Waals surface area contributed by atoms with Crippen LogP contribution in [0.2, 0.25) is 0 Å². The number of alkyl halides is 1. The van der Waals surface area contributed by atoms with E-state index < -0.39 is 17.8 Å². The second kappa shape index (κ2) is 9.38. The summed E-state index contributed by atoms with van der Waals surface area (Å²) in [7, 11) is 0. The van der Waals surface area contributed by atoms with Crippen molar-refractivity contribution in [3.05, 3.63) is 76.0 Å². The van der Waals surface area contributed by atoms with E-state index in [1.807, 2.05) is 0 Å². The molecule has 30 heavy (non-hydrogen) atoms. The molecule has 0 amide bonds. The average molecular weight is 420 g/mol. The Kier molecular flexibility index (Phi) is 6.65. The summed E-state index contributed by atoms with van der Waals surface area (Å²) < 4.78 is 48.5. The molecule has 0 radical (unpaired) electrons. The van der Waals surface area contributed by atoms with Gasteiger partial charge in [-0.25, -0.2) is 17.9 Å². The lowest BCUT2D eigenvalue weighted by Crippen LogP contribution is -2.22. The van der Waals surface area contributed by atoms with E-state index in [0.29, 0.717) is 11.6 Å². The highest BCUT2D eigenvalue weighted by atomic mass is 19.1. The van der Waals surface area contributed by atoms with Crippen molar-refractivity contribution < 1.29 is 22.7 Å². The molecular formula is C20H19F3N4O3. The van der Waals surface area contributed by atoms with Gasteiger partial charge in [0.25, 0.3) is 5.56 Å². The summed E-state index contributed by atoms with van der Waals surface area (Å²) in [6.45, 7) is 1.33. The minimum atomic E-state index is -1.29. The summed E-state index contributed by atoms with van der Waals surface area (Å²) in [5.74, 6) is -1.92. The molecule has 3 rings (SSSR count). The summed E-state index contributed by atoms with van der Waals surface area (Å²) in [5, 5.41) is 7.34. The number of nitrogens with zero attached hydrogens (tertiary/aromatic N) is 4. The van der Waals surface area contributed by atoms with Crippen molar-refractivity contribution in [1.29, 1.82) is 0 Å². The molecule has 0 spiro atoms. The predicted octanol–water partition coefficient (Wildman–Crippen LogP) is 2.93. The fraction of sp³-hybridized carbons (Fsp3) is 0.300. The zero-order valence-electron chi connectivity index (χ0n) is 16.1. The van der Waals surface area contributed by atoms with Gasteiger partial charge in [-0.1, -0.05) is 5.21 Å². The summed E-state index contributed by atoms with van der Waals surface area (Å²) in [5.41, 5.74) is 0.301. The Morgan fingerprint density at radius 3 is 2.70 bits per heavy atom. The maximum atomic E-state index is 14.2. The van der Waals surface area contributed by atoms with Crippen LogP contribution in [0.15, 0.2) is 47.5 Å². The Labute approximate surface area is 169 Å². The van der Waals surface area contributed by atoms with Crippen LogP contribution in [0.4, 0.5) is 13.2 Å². The van der Waals surface area contributed by atoms with Gasteiger partial charge in [0.05, 0.1) is 12.7 Å². The zero-order chi connectivity index (χ0) is 21.7. The van der Waals surface area contributed by atoms with Crippen molar-refractivity contribution in [3.8, 4) is 5.75 Å². The first-order valence-electron chi connectivity index (χ1n) is 9.14. The number of rotatable bonds is 9. The Balaban J connectivity index is 1.53. The average Bonchev–Trinajstić information content (AvgIpc) is 3.15. The van der Waals surface area contributed by atoms with E-state index in [-0.39, 0.29) is 48.9 Å². The van der Waals surface area contributed by atoms with Crippen LogP contribution in [-0.4, -0.2) is 31.5 Å². The molecule has 0 bridgehead atoms. The number of halogens is 3. The Hall–Kier alpha value is -3.43. The maximum absolute atomic E-state index is 14.2. The molecule has 3 aromatic rings. The molecular weight excluding hydrogens is 401 g/mol. The molecule has 0 fully saturated rings. The van der Waals surface area contributed by atoms with E-state index in [0.717, 1.165) is 6.07 Å². The van der Waals surface area contributed by atoms with Crippen molar-refractivity contribution in [2.24, 2.45) is 0 Å². The lowest BCUT2D eigenvalue weighted by Gasteiger charge is -2.11. The van der Waals surface area contributed by atoms with E-state index in [9.17, 15) is 22.8 Å². The van der Waals surface area contributed by atoms with Crippen LogP contribution in [0.25, 0.3) is 0 Å². The largest absolute Gasteiger partial charge is 0.486 e. The van der Waals surface area contributed by atoms with Crippen molar-refractivity contribution in [2.45, 2.75) is 39.2 Å². The Morgan fingerprint density at radius 2 is 2.03 bits per heavy atom. The van der Waals surface area contributed by atoms with E-state index in [2.05, 4.69) is 10.3 Å². The molecule has 0 saturated carbocycles. The van der Waals surface area contributed by atoms with Crippen LogP contribution in [-0.2, 0) is 19.7 Å². The summed E-state index contributed by atoms with van der Waals surface area (Å²) >= 11 is 0. The number of ketones is 1. The summed E-state index contributed by atoms with van der Waals surface area (Å²) in [6.07, 6.45) is 1.65. The van der Waals surface area contributed by atoms with Gasteiger partial charge in [0, 0.05) is 31.8 Å². The first kappa shape index (κ1) is 21.3. The molecule has 0 N–H and O–H groups in total. The Morgan fingerprint density at radius 1 is 1.23 bits per heavy atom. The lowest BCUT2D eigenvalue weighted by atomic mass is 10.2. The molecule has 10 heteroatoms. The van der Waals surface area contributed by atoms with Gasteiger partial charge < -0.3 is 9.30 Å². The first-order valence-corrected chi connectivity index (χ1v) is 9.14. The van der Waals surface area contributed by atoms with Crippen molar-refractivity contribution in [3.63, 3.8) is 0 Å². The van der Waals surface area contributed by atoms with Crippen LogP contribution in [0.5, 0.6) is 5.75 Å². The number of pyridine rings is 1. The fourth-order valence-electron chi connectivity index (χ4n) is 2.70. The molecule has 0 saturated heterocycles. The van der Waals surface area contributed by atoms with Gasteiger partial charge in [-0.15, -0.1) is 5.10 Å². The highest BCUT2D eigenvalue weighted by Gasteiger charge is 2.12. The third-order valence-electron chi connectivity index (χ3n) is 4.32. The molecule has 158 valence electrons. The number of ether oxygens (including phenoxy) is 1. The van der Waals surface area contributed by atoms with Gasteiger partial charge in [0.1, 0.15) is 24.3 Å². The predicted molar refractivity (Wildman–Crippen MR) is 101 cm³/mol. The highest BCUT2D eigenvalue weighted by molar-refractivity contribution is 5.91. The molecule has 0 aliphatic carbocycles. The normalized spacial score (nSPS) is 12.0. The van der Waals surface area contributed by atoms with E-state index in [1.54, 1.807) is 6.07 Å². The van der Waals surface area contributed by atoms with E-state index >= 15 is 0 Å². The minimum Gasteiger partial charge on any atom is -0.486 e. The molecule has 1 unspecified atom stereocenters. The van der Waals surface area contributed by atoms with Crippen LogP contribution in [0.3, 0.4) is 0 Å². The number of Topliss-reactive ketones (excluding diaryl/α,β-unsaturated/α-hetero) is 1. The van der Waals surface area contributed by atoms with Crippen LogP contribution >= 0.6 is 0 Å². The smallest absolute Gasteiger partial charge is 0.250 e. The first-order chi connectivity index (χ1) is 14.3. The third-order valence-corrected chi connectivity index (χ3v) is 4.32. The highest BCUT2D eigenvalue weighted by Crippen LogP contribution is 2.18. The lowest BCUT2D eigenvalue weighted by molar-refractivity contribution is 0.101. The molecule has 0 aliphatic rings. The number of benzene rings is 1. The van der Waals surface area contributed by atoms with Crippen molar-refractivity contribution in [1.82, 2.24) is 19.6 Å². The number of carbonyl (C=O) groups is 1. The molecule has 1 atom stereocenters. The fourth-order valence-corrected chi connectivity index (χ4v) is 2.70. The molecule has 2 aromatic heterocycles. The quantitative estimate of drug-likeness (QED) is 0.498. The van der Waals surface area contributed by atoms with Crippen LogP contribution in [0, 0.1) is 11.6 Å². The minimum absolute atomic E-state index is 0.0613. The van der Waals surface area contributed by atoms with Gasteiger partial charge in [-0.05, 0) is 30.2 Å². The zero-order valence-corrected chi connectivity index (χ0v) is 16.1. The molecule has 2 heterocycles. The van der Waals surface area contributed by atoms with Crippen LogP contribution in [0.1, 0.15) is 29.4 Å². The number of aryl methyl sites for hydroxylation is 1. The Bertz CT molecular complexity index is 1100. The van der Waals surface area contributed by atoms with Gasteiger partial charge in [-0.3, -0.25) is 9.59 Å². The molecule has 1 aromatic carbocycles. The van der Waals surface area contributed by atoms with Gasteiger partial charge in [0.15, 0.2) is 17.3 Å². The van der Waals surface area contributed by atoms with Crippen molar-refractivity contribution >= 4 is 5.78 Å². The third kappa shape index (κ3) is 5.56.